The van der Waals surface area contributed by atoms with E-state index in [0.29, 0.717) is 56.0 Å². The fourth-order valence-corrected chi connectivity index (χ4v) is 6.09. The monoisotopic (exact) mass is 634 g/mol. The van der Waals surface area contributed by atoms with Gasteiger partial charge in [-0.25, -0.2) is 9.59 Å². The number of anilines is 1. The molecular formula is C35H42N2O9. The molecule has 1 fully saturated rings. The number of ether oxygens (including phenoxy) is 3. The number of rotatable bonds is 9. The molecule has 0 aromatic heterocycles. The Kier molecular flexibility index (Phi) is 9.74. The van der Waals surface area contributed by atoms with Crippen LogP contribution in [-0.2, 0) is 17.7 Å². The Labute approximate surface area is 268 Å². The molecule has 46 heavy (non-hydrogen) atoms. The number of amides is 2. The second-order valence-corrected chi connectivity index (χ2v) is 12.6. The average molecular weight is 635 g/mol. The molecule has 3 aliphatic rings. The van der Waals surface area contributed by atoms with Crippen LogP contribution in [0.5, 0.6) is 17.2 Å². The van der Waals surface area contributed by atoms with Gasteiger partial charge in [0.15, 0.2) is 0 Å². The standard InChI is InChI=1S/C35H42N2O9/c1-21(2)7-5-8-22(3)9-6-12-35(4)30(39)19-26-29(38)18-24-27(31(26)46-35)20-37(32(24)40)28-11-10-23(17-25(28)33(41)42)45-34(43)36-13-15-44-16-14-36/h7,9-11,17-18,30,38-39H,5-6,8,12-16,19-20H2,1-4H3,(H,41,42)/b22-9+/t30-,35+/m0/s1. The first-order chi connectivity index (χ1) is 21.9. The number of phenols is 1. The van der Waals surface area contributed by atoms with Crippen LogP contribution in [0, 0.1) is 0 Å². The van der Waals surface area contributed by atoms with E-state index in [2.05, 4.69) is 32.9 Å². The molecule has 11 heteroatoms. The molecule has 0 bridgehead atoms. The third kappa shape index (κ3) is 6.90. The molecule has 246 valence electrons. The number of carboxylic acid groups (broad SMARTS) is 1. The lowest BCUT2D eigenvalue weighted by Gasteiger charge is -2.40. The number of aliphatic hydroxyl groups excluding tert-OH is 1. The van der Waals surface area contributed by atoms with Crippen LogP contribution in [0.25, 0.3) is 0 Å². The topological polar surface area (TPSA) is 146 Å². The van der Waals surface area contributed by atoms with Gasteiger partial charge in [0.1, 0.15) is 22.8 Å². The fraction of sp³-hybridized carbons (Fsp3) is 0.457. The van der Waals surface area contributed by atoms with Gasteiger partial charge in [0.05, 0.1) is 42.7 Å². The van der Waals surface area contributed by atoms with Crippen molar-refractivity contribution in [1.29, 1.82) is 0 Å². The summed E-state index contributed by atoms with van der Waals surface area (Å²) >= 11 is 0. The van der Waals surface area contributed by atoms with Gasteiger partial charge in [-0.2, -0.15) is 0 Å². The van der Waals surface area contributed by atoms with Crippen LogP contribution in [0.4, 0.5) is 10.5 Å². The van der Waals surface area contributed by atoms with Crippen LogP contribution >= 0.6 is 0 Å². The minimum Gasteiger partial charge on any atom is -0.508 e. The van der Waals surface area contributed by atoms with E-state index >= 15 is 0 Å². The molecule has 5 rings (SSSR count). The Hall–Kier alpha value is -4.35. The summed E-state index contributed by atoms with van der Waals surface area (Å²) in [7, 11) is 0. The Balaban J connectivity index is 1.37. The van der Waals surface area contributed by atoms with Crippen molar-refractivity contribution in [2.24, 2.45) is 0 Å². The number of hydrogen-bond donors (Lipinski definition) is 3. The zero-order valence-electron chi connectivity index (χ0n) is 26.8. The van der Waals surface area contributed by atoms with Gasteiger partial charge in [-0.3, -0.25) is 4.79 Å². The lowest BCUT2D eigenvalue weighted by Crippen LogP contribution is -2.49. The van der Waals surface area contributed by atoms with Gasteiger partial charge in [-0.1, -0.05) is 23.3 Å². The van der Waals surface area contributed by atoms with Crippen LogP contribution in [0.15, 0.2) is 47.6 Å². The van der Waals surface area contributed by atoms with Gasteiger partial charge in [0, 0.05) is 30.6 Å². The number of aromatic hydroxyl groups is 1. The average Bonchev–Trinajstić information content (AvgIpc) is 3.34. The number of hydrogen-bond acceptors (Lipinski definition) is 8. The summed E-state index contributed by atoms with van der Waals surface area (Å²) in [4.78, 5) is 41.4. The van der Waals surface area contributed by atoms with Crippen LogP contribution in [0.2, 0.25) is 0 Å². The first-order valence-corrected chi connectivity index (χ1v) is 15.7. The molecule has 3 N–H and O–H groups in total. The van der Waals surface area contributed by atoms with E-state index in [-0.39, 0.29) is 41.3 Å². The van der Waals surface area contributed by atoms with E-state index in [1.54, 1.807) is 0 Å². The van der Waals surface area contributed by atoms with Crippen molar-refractivity contribution in [3.8, 4) is 17.2 Å². The molecule has 3 heterocycles. The molecule has 0 radical (unpaired) electrons. The first-order valence-electron chi connectivity index (χ1n) is 15.7. The largest absolute Gasteiger partial charge is 0.508 e. The molecule has 2 amide bonds. The molecule has 1 saturated heterocycles. The van der Waals surface area contributed by atoms with E-state index in [1.165, 1.54) is 45.2 Å². The Morgan fingerprint density at radius 1 is 1.09 bits per heavy atom. The summed E-state index contributed by atoms with van der Waals surface area (Å²) in [6.07, 6.45) is 6.12. The summed E-state index contributed by atoms with van der Waals surface area (Å²) in [5.74, 6) is -1.59. The molecular weight excluding hydrogens is 592 g/mol. The van der Waals surface area contributed by atoms with E-state index in [1.807, 2.05) is 6.92 Å². The maximum Gasteiger partial charge on any atom is 0.415 e. The van der Waals surface area contributed by atoms with E-state index in [0.717, 1.165) is 12.8 Å². The number of carboxylic acids is 1. The molecule has 0 saturated carbocycles. The summed E-state index contributed by atoms with van der Waals surface area (Å²) in [6.45, 7) is 9.59. The molecule has 0 aliphatic carbocycles. The van der Waals surface area contributed by atoms with Gasteiger partial charge in [-0.15, -0.1) is 0 Å². The van der Waals surface area contributed by atoms with Gasteiger partial charge in [0.2, 0.25) is 0 Å². The minimum absolute atomic E-state index is 0.000475. The van der Waals surface area contributed by atoms with Crippen molar-refractivity contribution >= 4 is 23.7 Å². The molecule has 2 aromatic rings. The fourth-order valence-electron chi connectivity index (χ4n) is 6.09. The Morgan fingerprint density at radius 3 is 2.52 bits per heavy atom. The molecule has 0 unspecified atom stereocenters. The smallest absolute Gasteiger partial charge is 0.415 e. The van der Waals surface area contributed by atoms with Gasteiger partial charge < -0.3 is 39.3 Å². The lowest BCUT2D eigenvalue weighted by molar-refractivity contribution is -0.0597. The quantitative estimate of drug-likeness (QED) is 0.300. The number of aromatic carboxylic acids is 1. The molecule has 3 aliphatic heterocycles. The zero-order valence-corrected chi connectivity index (χ0v) is 26.8. The van der Waals surface area contributed by atoms with E-state index in [9.17, 15) is 29.7 Å². The zero-order chi connectivity index (χ0) is 33.2. The van der Waals surface area contributed by atoms with Crippen molar-refractivity contribution in [3.63, 3.8) is 0 Å². The lowest BCUT2D eigenvalue weighted by atomic mass is 9.84. The van der Waals surface area contributed by atoms with Crippen molar-refractivity contribution in [2.45, 2.75) is 78.0 Å². The molecule has 2 aromatic carbocycles. The Bertz CT molecular complexity index is 1590. The molecule has 0 spiro atoms. The van der Waals surface area contributed by atoms with Crippen LogP contribution in [0.1, 0.15) is 85.2 Å². The van der Waals surface area contributed by atoms with Crippen molar-refractivity contribution in [2.75, 3.05) is 31.2 Å². The summed E-state index contributed by atoms with van der Waals surface area (Å²) in [5.41, 5.74) is 2.58. The maximum absolute atomic E-state index is 13.7. The number of fused-ring (bicyclic) bond motifs is 3. The third-order valence-electron chi connectivity index (χ3n) is 8.88. The number of phenolic OH excluding ortho intramolecular Hbond substituents is 1. The SMILES string of the molecule is CC(C)=CCC/C(C)=C/CC[C@@]1(C)Oc2c(c(O)cc3c2CN(c2ccc(OC(=O)N4CCOCC4)cc2C(=O)O)C3=O)C[C@@H]1O. The van der Waals surface area contributed by atoms with Crippen molar-refractivity contribution < 1.29 is 43.9 Å². The molecule has 2 atom stereocenters. The summed E-state index contributed by atoms with van der Waals surface area (Å²) < 4.78 is 17.2. The van der Waals surface area contributed by atoms with Gasteiger partial charge in [-0.05, 0) is 77.6 Å². The number of aliphatic hydroxyl groups is 1. The highest BCUT2D eigenvalue weighted by Crippen LogP contribution is 2.47. The molecule has 11 nitrogen and oxygen atoms in total. The number of morpholine rings is 1. The van der Waals surface area contributed by atoms with E-state index in [4.69, 9.17) is 14.2 Å². The van der Waals surface area contributed by atoms with E-state index < -0.39 is 29.7 Å². The predicted octanol–water partition coefficient (Wildman–Crippen LogP) is 5.61. The third-order valence-corrected chi connectivity index (χ3v) is 8.88. The van der Waals surface area contributed by atoms with Crippen molar-refractivity contribution in [1.82, 2.24) is 4.90 Å². The number of nitrogens with zero attached hydrogens (tertiary/aromatic N) is 2. The highest BCUT2D eigenvalue weighted by atomic mass is 16.6. The van der Waals surface area contributed by atoms with Crippen LogP contribution in [0.3, 0.4) is 0 Å². The Morgan fingerprint density at radius 2 is 1.83 bits per heavy atom. The number of carbonyl (C=O) groups excluding carboxylic acids is 2. The van der Waals surface area contributed by atoms with Crippen LogP contribution < -0.4 is 14.4 Å². The van der Waals surface area contributed by atoms with Gasteiger partial charge in [0.25, 0.3) is 5.91 Å². The predicted molar refractivity (Wildman–Crippen MR) is 171 cm³/mol. The normalized spacial score (nSPS) is 20.9. The second-order valence-electron chi connectivity index (χ2n) is 12.6. The minimum atomic E-state index is -1.30. The summed E-state index contributed by atoms with van der Waals surface area (Å²) in [6, 6.07) is 5.45. The second kappa shape index (κ2) is 13.6. The number of benzene rings is 2. The van der Waals surface area contributed by atoms with Crippen LogP contribution in [-0.4, -0.2) is 76.2 Å². The first kappa shape index (κ1) is 33.0. The highest BCUT2D eigenvalue weighted by molar-refractivity contribution is 6.13. The van der Waals surface area contributed by atoms with Crippen molar-refractivity contribution in [3.05, 3.63) is 69.8 Å². The van der Waals surface area contributed by atoms with Gasteiger partial charge >= 0.3 is 12.1 Å². The number of carbonyl (C=O) groups is 3. The number of allylic oxidation sites excluding steroid dienone is 4. The summed E-state index contributed by atoms with van der Waals surface area (Å²) in [5, 5.41) is 32.1. The highest BCUT2D eigenvalue weighted by Gasteiger charge is 2.44. The maximum atomic E-state index is 13.7.